The van der Waals surface area contributed by atoms with Gasteiger partial charge in [0, 0.05) is 18.8 Å². The van der Waals surface area contributed by atoms with E-state index in [9.17, 15) is 18.0 Å². The lowest BCUT2D eigenvalue weighted by molar-refractivity contribution is 0.0931. The molecule has 0 saturated carbocycles. The number of benzene rings is 2. The summed E-state index contributed by atoms with van der Waals surface area (Å²) in [6.07, 6.45) is 2.08. The summed E-state index contributed by atoms with van der Waals surface area (Å²) in [5.74, 6) is -1.87. The molecule has 0 aliphatic heterocycles. The quantitative estimate of drug-likeness (QED) is 0.411. The molecule has 3 N–H and O–H groups in total. The summed E-state index contributed by atoms with van der Waals surface area (Å²) in [4.78, 5) is 17.5. The number of nitrogens with one attached hydrogen (secondary N) is 1. The molecule has 0 aliphatic carbocycles. The van der Waals surface area contributed by atoms with Crippen LogP contribution in [-0.2, 0) is 13.0 Å². The predicted octanol–water partition coefficient (Wildman–Crippen LogP) is 3.94. The molecule has 2 aromatic heterocycles. The van der Waals surface area contributed by atoms with Gasteiger partial charge in [-0.3, -0.25) is 9.20 Å². The van der Waals surface area contributed by atoms with Crippen LogP contribution in [0.3, 0.4) is 0 Å². The summed E-state index contributed by atoms with van der Waals surface area (Å²) in [5, 5.41) is 2.90. The molecule has 2 heterocycles. The highest BCUT2D eigenvalue weighted by atomic mass is 19.1. The van der Waals surface area contributed by atoms with E-state index in [1.807, 2.05) is 0 Å². The first kappa shape index (κ1) is 23.3. The molecule has 176 valence electrons. The largest absolute Gasteiger partial charge is 0.485 e. The van der Waals surface area contributed by atoms with Crippen LogP contribution in [-0.4, -0.2) is 27.9 Å². The summed E-state index contributed by atoms with van der Waals surface area (Å²) in [7, 11) is 0. The summed E-state index contributed by atoms with van der Waals surface area (Å²) < 4.78 is 48.3. The third-order valence-corrected chi connectivity index (χ3v) is 5.45. The first-order valence-corrected chi connectivity index (χ1v) is 10.7. The lowest BCUT2D eigenvalue weighted by atomic mass is 10.1. The zero-order valence-corrected chi connectivity index (χ0v) is 18.4. The number of amides is 1. The van der Waals surface area contributed by atoms with Crippen LogP contribution in [0.4, 0.5) is 13.2 Å². The maximum Gasteiger partial charge on any atom is 0.270 e. The average molecular weight is 468 g/mol. The van der Waals surface area contributed by atoms with Gasteiger partial charge in [0.15, 0.2) is 11.4 Å². The minimum absolute atomic E-state index is 0.182. The Morgan fingerprint density at radius 2 is 1.79 bits per heavy atom. The van der Waals surface area contributed by atoms with Crippen LogP contribution >= 0.6 is 0 Å². The van der Waals surface area contributed by atoms with E-state index in [2.05, 4.69) is 10.3 Å². The standard InChI is InChI=1S/C25H23F3N4O2/c1-15-23(25(33)31-18(13-29)12-16-7-9-17(26)10-8-16)32-11-3-6-22(24(32)30-15)34-14-19-20(27)4-2-5-21(19)28/h2-11,18H,12-14,29H2,1H3,(H,31,33). The van der Waals surface area contributed by atoms with Crippen LogP contribution in [0, 0.1) is 24.4 Å². The molecule has 4 aromatic rings. The van der Waals surface area contributed by atoms with E-state index in [1.54, 1.807) is 41.8 Å². The van der Waals surface area contributed by atoms with E-state index in [-0.39, 0.29) is 47.9 Å². The Kier molecular flexibility index (Phi) is 6.83. The Hall–Kier alpha value is -3.85. The zero-order chi connectivity index (χ0) is 24.2. The first-order chi connectivity index (χ1) is 16.4. The highest BCUT2D eigenvalue weighted by molar-refractivity contribution is 5.95. The Balaban J connectivity index is 1.55. The molecule has 0 radical (unpaired) electrons. The van der Waals surface area contributed by atoms with Crippen molar-refractivity contribution in [1.29, 1.82) is 0 Å². The minimum Gasteiger partial charge on any atom is -0.485 e. The van der Waals surface area contributed by atoms with E-state index in [0.717, 1.165) is 17.7 Å². The van der Waals surface area contributed by atoms with Gasteiger partial charge in [0.25, 0.3) is 5.91 Å². The van der Waals surface area contributed by atoms with E-state index in [0.29, 0.717) is 17.8 Å². The molecule has 0 bridgehead atoms. The Labute approximate surface area is 194 Å². The monoisotopic (exact) mass is 468 g/mol. The maximum atomic E-state index is 13.9. The number of aryl methyl sites for hydroxylation is 1. The number of hydrogen-bond donors (Lipinski definition) is 2. The number of imidazole rings is 1. The molecule has 34 heavy (non-hydrogen) atoms. The normalized spacial score (nSPS) is 12.0. The number of carbonyl (C=O) groups excluding carboxylic acids is 1. The second-order valence-electron chi connectivity index (χ2n) is 7.84. The smallest absolute Gasteiger partial charge is 0.270 e. The zero-order valence-electron chi connectivity index (χ0n) is 18.4. The van der Waals surface area contributed by atoms with Crippen LogP contribution in [0.15, 0.2) is 60.8 Å². The fourth-order valence-electron chi connectivity index (χ4n) is 3.71. The number of pyridine rings is 1. The van der Waals surface area contributed by atoms with Gasteiger partial charge in [0.05, 0.1) is 11.3 Å². The molecule has 6 nitrogen and oxygen atoms in total. The van der Waals surface area contributed by atoms with Gasteiger partial charge in [-0.1, -0.05) is 18.2 Å². The van der Waals surface area contributed by atoms with Gasteiger partial charge in [-0.25, -0.2) is 18.2 Å². The Morgan fingerprint density at radius 3 is 2.47 bits per heavy atom. The molecule has 2 aromatic carbocycles. The number of nitrogens with zero attached hydrogens (tertiary/aromatic N) is 2. The highest BCUT2D eigenvalue weighted by Gasteiger charge is 2.22. The van der Waals surface area contributed by atoms with Crippen LogP contribution in [0.25, 0.3) is 5.65 Å². The molecule has 0 spiro atoms. The van der Waals surface area contributed by atoms with Crippen molar-refractivity contribution in [3.63, 3.8) is 0 Å². The highest BCUT2D eigenvalue weighted by Crippen LogP contribution is 2.24. The fraction of sp³-hybridized carbons (Fsp3) is 0.200. The number of fused-ring (bicyclic) bond motifs is 1. The second-order valence-corrected chi connectivity index (χ2v) is 7.84. The number of hydrogen-bond acceptors (Lipinski definition) is 4. The molecule has 4 rings (SSSR count). The van der Waals surface area contributed by atoms with Gasteiger partial charge >= 0.3 is 0 Å². The van der Waals surface area contributed by atoms with Crippen molar-refractivity contribution in [3.8, 4) is 5.75 Å². The number of rotatable bonds is 8. The second kappa shape index (κ2) is 9.96. The molecule has 9 heteroatoms. The number of carbonyl (C=O) groups is 1. The van der Waals surface area contributed by atoms with E-state index < -0.39 is 11.6 Å². The fourth-order valence-corrected chi connectivity index (χ4v) is 3.71. The molecular weight excluding hydrogens is 445 g/mol. The maximum absolute atomic E-state index is 13.9. The first-order valence-electron chi connectivity index (χ1n) is 10.7. The molecule has 1 amide bonds. The van der Waals surface area contributed by atoms with Gasteiger partial charge in [-0.05, 0) is 55.3 Å². The molecule has 1 unspecified atom stereocenters. The Morgan fingerprint density at radius 1 is 1.09 bits per heavy atom. The SMILES string of the molecule is Cc1nc2c(OCc3c(F)cccc3F)cccn2c1C(=O)NC(CN)Cc1ccc(F)cc1. The third kappa shape index (κ3) is 4.89. The topological polar surface area (TPSA) is 81.7 Å². The minimum atomic E-state index is -0.708. The van der Waals surface area contributed by atoms with Gasteiger partial charge in [-0.15, -0.1) is 0 Å². The van der Waals surface area contributed by atoms with Crippen molar-refractivity contribution in [3.05, 3.63) is 101 Å². The van der Waals surface area contributed by atoms with Gasteiger partial charge in [0.2, 0.25) is 0 Å². The van der Waals surface area contributed by atoms with Gasteiger partial charge < -0.3 is 15.8 Å². The van der Waals surface area contributed by atoms with Crippen molar-refractivity contribution in [1.82, 2.24) is 14.7 Å². The summed E-state index contributed by atoms with van der Waals surface area (Å²) in [5.41, 5.74) is 7.57. The van der Waals surface area contributed by atoms with Crippen molar-refractivity contribution >= 4 is 11.6 Å². The van der Waals surface area contributed by atoms with Crippen LogP contribution in [0.5, 0.6) is 5.75 Å². The Bertz CT molecular complexity index is 1300. The van der Waals surface area contributed by atoms with Crippen LogP contribution < -0.4 is 15.8 Å². The van der Waals surface area contributed by atoms with Crippen LogP contribution in [0.1, 0.15) is 27.3 Å². The van der Waals surface area contributed by atoms with E-state index in [4.69, 9.17) is 10.5 Å². The number of aromatic nitrogens is 2. The van der Waals surface area contributed by atoms with Crippen molar-refractivity contribution in [2.75, 3.05) is 6.54 Å². The molecule has 0 saturated heterocycles. The third-order valence-electron chi connectivity index (χ3n) is 5.45. The van der Waals surface area contributed by atoms with Crippen molar-refractivity contribution < 1.29 is 22.7 Å². The lowest BCUT2D eigenvalue weighted by Crippen LogP contribution is -2.42. The van der Waals surface area contributed by atoms with Gasteiger partial charge in [0.1, 0.15) is 29.8 Å². The molecule has 0 fully saturated rings. The molecule has 1 atom stereocenters. The summed E-state index contributed by atoms with van der Waals surface area (Å²) in [6.45, 7) is 1.53. The van der Waals surface area contributed by atoms with E-state index >= 15 is 0 Å². The van der Waals surface area contributed by atoms with Crippen molar-refractivity contribution in [2.24, 2.45) is 5.73 Å². The predicted molar refractivity (Wildman–Crippen MR) is 121 cm³/mol. The summed E-state index contributed by atoms with van der Waals surface area (Å²) >= 11 is 0. The van der Waals surface area contributed by atoms with Crippen LogP contribution in [0.2, 0.25) is 0 Å². The van der Waals surface area contributed by atoms with Gasteiger partial charge in [-0.2, -0.15) is 0 Å². The lowest BCUT2D eigenvalue weighted by Gasteiger charge is -2.17. The summed E-state index contributed by atoms with van der Waals surface area (Å²) in [6, 6.07) is 12.5. The number of nitrogens with two attached hydrogens (primary N) is 1. The number of halogens is 3. The number of ether oxygens (including phenoxy) is 1. The average Bonchev–Trinajstić information content (AvgIpc) is 3.16. The molecule has 0 aliphatic rings. The van der Waals surface area contributed by atoms with Crippen molar-refractivity contribution in [2.45, 2.75) is 26.0 Å². The van der Waals surface area contributed by atoms with E-state index in [1.165, 1.54) is 18.2 Å². The molecular formula is C25H23F3N4O2.